The molecule has 242 valence electrons. The molecule has 0 saturated carbocycles. The molecule has 1 atom stereocenters. The van der Waals surface area contributed by atoms with E-state index >= 15 is 0 Å². The summed E-state index contributed by atoms with van der Waals surface area (Å²) < 4.78 is 29.6. The molecule has 10 heteroatoms. The smallest absolute Gasteiger partial charge is 0.264 e. The largest absolute Gasteiger partial charge is 0.354 e. The molecule has 0 heterocycles. The van der Waals surface area contributed by atoms with E-state index in [1.54, 1.807) is 55.5 Å². The first kappa shape index (κ1) is 35.0. The quantitative estimate of drug-likeness (QED) is 0.162. The molecule has 0 bridgehead atoms. The van der Waals surface area contributed by atoms with Crippen LogP contribution in [0.1, 0.15) is 36.1 Å². The lowest BCUT2D eigenvalue weighted by molar-refractivity contribution is -0.140. The molecule has 7 nitrogen and oxygen atoms in total. The fourth-order valence-corrected chi connectivity index (χ4v) is 6.98. The van der Waals surface area contributed by atoms with Gasteiger partial charge in [-0.05, 0) is 78.9 Å². The minimum atomic E-state index is -4.22. The molecule has 0 spiro atoms. The maximum absolute atomic E-state index is 14.6. The Morgan fingerprint density at radius 2 is 1.46 bits per heavy atom. The van der Waals surface area contributed by atoms with E-state index in [0.717, 1.165) is 15.4 Å². The van der Waals surface area contributed by atoms with Gasteiger partial charge in [-0.25, -0.2) is 8.42 Å². The van der Waals surface area contributed by atoms with Crippen molar-refractivity contribution in [1.82, 2.24) is 10.2 Å². The Bertz CT molecular complexity index is 1760. The molecule has 0 aliphatic carbocycles. The van der Waals surface area contributed by atoms with E-state index in [-0.39, 0.29) is 29.7 Å². The molecule has 4 rings (SSSR count). The number of carbonyl (C=O) groups excluding carboxylic acids is 2. The molecule has 0 saturated heterocycles. The van der Waals surface area contributed by atoms with Crippen molar-refractivity contribution >= 4 is 50.7 Å². The number of sulfonamides is 1. The number of rotatable bonds is 13. The molecule has 0 aromatic heterocycles. The Labute approximate surface area is 282 Å². The molecule has 46 heavy (non-hydrogen) atoms. The number of benzene rings is 4. The van der Waals surface area contributed by atoms with Gasteiger partial charge in [0.25, 0.3) is 10.0 Å². The number of nitrogens with zero attached hydrogens (tertiary/aromatic N) is 2. The predicted molar refractivity (Wildman–Crippen MR) is 186 cm³/mol. The second-order valence-corrected chi connectivity index (χ2v) is 14.5. The van der Waals surface area contributed by atoms with E-state index in [9.17, 15) is 18.0 Å². The van der Waals surface area contributed by atoms with Crippen molar-refractivity contribution < 1.29 is 18.0 Å². The monoisotopic (exact) mass is 679 g/mol. The molecular formula is C36H39Cl2N3O4S. The highest BCUT2D eigenvalue weighted by Gasteiger charge is 2.35. The third-order valence-electron chi connectivity index (χ3n) is 7.51. The van der Waals surface area contributed by atoms with Crippen LogP contribution in [0.15, 0.2) is 102 Å². The van der Waals surface area contributed by atoms with Crippen molar-refractivity contribution in [2.75, 3.05) is 17.4 Å². The summed E-state index contributed by atoms with van der Waals surface area (Å²) in [6, 6.07) is 26.9. The third kappa shape index (κ3) is 9.12. The van der Waals surface area contributed by atoms with E-state index in [1.165, 1.54) is 17.0 Å². The molecule has 0 fully saturated rings. The number of carbonyl (C=O) groups is 2. The zero-order valence-electron chi connectivity index (χ0n) is 26.4. The summed E-state index contributed by atoms with van der Waals surface area (Å²) in [5.74, 6) is -0.699. The third-order valence-corrected chi connectivity index (χ3v) is 9.76. The van der Waals surface area contributed by atoms with Crippen molar-refractivity contribution in [3.63, 3.8) is 0 Å². The number of halogens is 2. The fourth-order valence-electron chi connectivity index (χ4n) is 5.06. The number of hydrogen-bond acceptors (Lipinski definition) is 4. The van der Waals surface area contributed by atoms with Crippen molar-refractivity contribution in [2.24, 2.45) is 5.92 Å². The van der Waals surface area contributed by atoms with Gasteiger partial charge in [-0.2, -0.15) is 0 Å². The van der Waals surface area contributed by atoms with Crippen LogP contribution in [-0.4, -0.2) is 44.3 Å². The summed E-state index contributed by atoms with van der Waals surface area (Å²) in [5.41, 5.74) is 3.34. The van der Waals surface area contributed by atoms with E-state index in [4.69, 9.17) is 23.2 Å². The van der Waals surface area contributed by atoms with E-state index in [1.807, 2.05) is 57.2 Å². The van der Waals surface area contributed by atoms with Crippen LogP contribution in [0.25, 0.3) is 0 Å². The van der Waals surface area contributed by atoms with Gasteiger partial charge < -0.3 is 10.2 Å². The van der Waals surface area contributed by atoms with Crippen molar-refractivity contribution in [3.8, 4) is 0 Å². The number of anilines is 1. The first-order valence-corrected chi connectivity index (χ1v) is 17.3. The van der Waals surface area contributed by atoms with E-state index in [2.05, 4.69) is 5.32 Å². The number of hydrogen-bond donors (Lipinski definition) is 1. The molecular weight excluding hydrogens is 641 g/mol. The normalized spacial score (nSPS) is 12.1. The van der Waals surface area contributed by atoms with Gasteiger partial charge in [0.05, 0.1) is 10.6 Å². The van der Waals surface area contributed by atoms with Crippen LogP contribution in [0.5, 0.6) is 0 Å². The zero-order chi connectivity index (χ0) is 33.4. The van der Waals surface area contributed by atoms with Crippen LogP contribution in [0.4, 0.5) is 5.69 Å². The highest BCUT2D eigenvalue weighted by Crippen LogP contribution is 2.30. The van der Waals surface area contributed by atoms with Gasteiger partial charge in [0, 0.05) is 29.6 Å². The lowest BCUT2D eigenvalue weighted by Gasteiger charge is -2.34. The van der Waals surface area contributed by atoms with Crippen molar-refractivity contribution in [3.05, 3.63) is 129 Å². The topological polar surface area (TPSA) is 86.8 Å². The Hall–Kier alpha value is -3.85. The zero-order valence-corrected chi connectivity index (χ0v) is 28.7. The Morgan fingerprint density at radius 3 is 2.09 bits per heavy atom. The summed E-state index contributed by atoms with van der Waals surface area (Å²) in [5, 5.41) is 3.91. The summed E-state index contributed by atoms with van der Waals surface area (Å²) in [6.07, 6.45) is 0.224. The number of amides is 2. The van der Waals surface area contributed by atoms with E-state index < -0.39 is 28.5 Å². The predicted octanol–water partition coefficient (Wildman–Crippen LogP) is 7.22. The molecule has 2 amide bonds. The van der Waals surface area contributed by atoms with Gasteiger partial charge in [0.2, 0.25) is 11.8 Å². The first-order valence-electron chi connectivity index (χ1n) is 15.1. The minimum Gasteiger partial charge on any atom is -0.354 e. The SMILES string of the molecule is Cc1ccc(S(=O)(=O)N(CC(=O)N(Cc2cccc(Cl)c2)[C@@H](Cc2ccccc2)C(=O)NCC(C)C)c2ccc(Cl)cc2C)cc1. The fraction of sp³-hybridized carbons (Fsp3) is 0.278. The molecule has 0 aliphatic rings. The molecule has 0 unspecified atom stereocenters. The number of aryl methyl sites for hydroxylation is 2. The molecule has 1 N–H and O–H groups in total. The summed E-state index contributed by atoms with van der Waals surface area (Å²) in [4.78, 5) is 30.0. The van der Waals surface area contributed by atoms with E-state index in [0.29, 0.717) is 33.4 Å². The average Bonchev–Trinajstić information content (AvgIpc) is 3.01. The van der Waals surface area contributed by atoms with Crippen molar-refractivity contribution in [1.29, 1.82) is 0 Å². The van der Waals surface area contributed by atoms with Gasteiger partial charge >= 0.3 is 0 Å². The highest BCUT2D eigenvalue weighted by atomic mass is 35.5. The average molecular weight is 681 g/mol. The lowest BCUT2D eigenvalue weighted by Crippen LogP contribution is -2.53. The van der Waals surface area contributed by atoms with Crippen LogP contribution in [0.3, 0.4) is 0 Å². The van der Waals surface area contributed by atoms with Gasteiger partial charge in [-0.15, -0.1) is 0 Å². The summed E-state index contributed by atoms with van der Waals surface area (Å²) >= 11 is 12.6. The Morgan fingerprint density at radius 1 is 0.804 bits per heavy atom. The Balaban J connectivity index is 1.82. The second-order valence-electron chi connectivity index (χ2n) is 11.8. The maximum Gasteiger partial charge on any atom is 0.264 e. The van der Waals surface area contributed by atoms with Crippen LogP contribution in [0, 0.1) is 19.8 Å². The van der Waals surface area contributed by atoms with Gasteiger partial charge in [-0.1, -0.05) is 97.2 Å². The first-order chi connectivity index (χ1) is 21.8. The highest BCUT2D eigenvalue weighted by molar-refractivity contribution is 7.92. The van der Waals surface area contributed by atoms with Crippen LogP contribution < -0.4 is 9.62 Å². The molecule has 4 aromatic carbocycles. The molecule has 0 radical (unpaired) electrons. The minimum absolute atomic E-state index is 0.0318. The summed E-state index contributed by atoms with van der Waals surface area (Å²) in [7, 11) is -4.22. The van der Waals surface area contributed by atoms with Crippen LogP contribution in [0.2, 0.25) is 10.0 Å². The van der Waals surface area contributed by atoms with Gasteiger partial charge in [0.15, 0.2) is 0 Å². The maximum atomic E-state index is 14.6. The van der Waals surface area contributed by atoms with Gasteiger partial charge in [-0.3, -0.25) is 13.9 Å². The molecule has 0 aliphatic heterocycles. The van der Waals surface area contributed by atoms with Crippen LogP contribution in [-0.2, 0) is 32.6 Å². The lowest BCUT2D eigenvalue weighted by atomic mass is 10.0. The summed E-state index contributed by atoms with van der Waals surface area (Å²) in [6.45, 7) is 7.48. The van der Waals surface area contributed by atoms with Gasteiger partial charge in [0.1, 0.15) is 12.6 Å². The van der Waals surface area contributed by atoms with Crippen molar-refractivity contribution in [2.45, 2.75) is 51.6 Å². The second kappa shape index (κ2) is 15.6. The Kier molecular flexibility index (Phi) is 11.9. The number of nitrogens with one attached hydrogen (secondary N) is 1. The molecule has 4 aromatic rings. The van der Waals surface area contributed by atoms with Crippen LogP contribution >= 0.6 is 23.2 Å². The standard InChI is InChI=1S/C36H39Cl2N3O4S/c1-25(2)22-39-36(43)34(21-28-9-6-5-7-10-28)40(23-29-11-8-12-30(37)20-29)35(42)24-41(33-18-15-31(38)19-27(33)4)46(44,45)32-16-13-26(3)14-17-32/h5-20,25,34H,21-24H2,1-4H3,(H,39,43)/t34-/m0/s1.